The number of hydrogen-bond acceptors (Lipinski definition) is 3. The van der Waals surface area contributed by atoms with Crippen molar-refractivity contribution in [3.63, 3.8) is 0 Å². The zero-order valence-corrected chi connectivity index (χ0v) is 13.7. The van der Waals surface area contributed by atoms with Gasteiger partial charge >= 0.3 is 0 Å². The Morgan fingerprint density at radius 1 is 1.22 bits per heavy atom. The molecule has 1 heterocycles. The molecule has 23 heavy (non-hydrogen) atoms. The van der Waals surface area contributed by atoms with E-state index in [1.165, 1.54) is 17.5 Å². The van der Waals surface area contributed by atoms with Gasteiger partial charge in [-0.3, -0.25) is 14.4 Å². The molecule has 0 bridgehead atoms. The molecule has 0 unspecified atom stereocenters. The molecular weight excluding hydrogens is 288 g/mol. The maximum atomic E-state index is 12.4. The van der Waals surface area contributed by atoms with Crippen molar-refractivity contribution in [2.24, 2.45) is 4.99 Å². The molecule has 0 fully saturated rings. The largest absolute Gasteiger partial charge is 0.484 e. The monoisotopic (exact) mass is 310 g/mol. The average Bonchev–Trinajstić information content (AvgIpc) is 3.00. The van der Waals surface area contributed by atoms with Crippen LogP contribution in [0.4, 0.5) is 0 Å². The van der Waals surface area contributed by atoms with Crippen molar-refractivity contribution in [1.29, 1.82) is 0 Å². The Bertz CT molecular complexity index is 775. The first-order valence-electron chi connectivity index (χ1n) is 8.13. The van der Waals surface area contributed by atoms with Crippen molar-refractivity contribution in [1.82, 2.24) is 4.57 Å². The van der Waals surface area contributed by atoms with Gasteiger partial charge in [0.25, 0.3) is 5.91 Å². The molecule has 0 N–H and O–H groups in total. The molecule has 0 atom stereocenters. The molecule has 2 aromatic rings. The molecule has 0 amide bonds. The number of aromatic nitrogens is 1. The van der Waals surface area contributed by atoms with Crippen molar-refractivity contribution in [2.75, 3.05) is 6.61 Å². The van der Waals surface area contributed by atoms with Crippen LogP contribution in [0, 0.1) is 0 Å². The molecule has 1 aromatic heterocycles. The number of aryl methyl sites for hydroxylation is 2. The summed E-state index contributed by atoms with van der Waals surface area (Å²) in [5.41, 5.74) is 3.40. The number of benzene rings is 1. The predicted molar refractivity (Wildman–Crippen MR) is 89.7 cm³/mol. The normalized spacial score (nSPS) is 14.1. The highest BCUT2D eigenvalue weighted by molar-refractivity contribution is 5.80. The summed E-state index contributed by atoms with van der Waals surface area (Å²) >= 11 is 0. The molecule has 1 aliphatic rings. The van der Waals surface area contributed by atoms with Crippen LogP contribution in [0.2, 0.25) is 0 Å². The van der Waals surface area contributed by atoms with E-state index >= 15 is 0 Å². The first-order chi connectivity index (χ1) is 11.1. The van der Waals surface area contributed by atoms with Crippen molar-refractivity contribution >= 4 is 5.91 Å². The molecule has 0 saturated heterocycles. The molecule has 3 rings (SSSR count). The van der Waals surface area contributed by atoms with E-state index < -0.39 is 0 Å². The maximum Gasteiger partial charge on any atom is 0.270 e. The lowest BCUT2D eigenvalue weighted by Crippen LogP contribution is -2.31. The molecule has 0 aliphatic heterocycles. The number of carbonyl (C=O) groups excluding carboxylic acids is 1. The van der Waals surface area contributed by atoms with E-state index in [0.717, 1.165) is 18.6 Å². The van der Waals surface area contributed by atoms with Gasteiger partial charge in [-0.25, -0.2) is 0 Å². The van der Waals surface area contributed by atoms with Crippen LogP contribution < -0.4 is 10.2 Å². The molecule has 0 saturated carbocycles. The Morgan fingerprint density at radius 2 is 2.04 bits per heavy atom. The average molecular weight is 310 g/mol. The van der Waals surface area contributed by atoms with Gasteiger partial charge < -0.3 is 4.74 Å². The van der Waals surface area contributed by atoms with Crippen LogP contribution in [0.15, 0.2) is 47.6 Å². The molecule has 120 valence electrons. The van der Waals surface area contributed by atoms with Crippen molar-refractivity contribution in [3.05, 3.63) is 59.2 Å². The quantitative estimate of drug-likeness (QED) is 0.871. The number of rotatable bonds is 4. The van der Waals surface area contributed by atoms with Gasteiger partial charge in [-0.15, -0.1) is 0 Å². The highest BCUT2D eigenvalue weighted by atomic mass is 16.5. The summed E-state index contributed by atoms with van der Waals surface area (Å²) in [7, 11) is 0. The molecule has 0 spiro atoms. The Morgan fingerprint density at radius 3 is 2.87 bits per heavy atom. The predicted octanol–water partition coefficient (Wildman–Crippen LogP) is 3.01. The fraction of sp³-hybridized carbons (Fsp3) is 0.368. The Kier molecular flexibility index (Phi) is 4.60. The van der Waals surface area contributed by atoms with E-state index in [0.29, 0.717) is 5.49 Å². The van der Waals surface area contributed by atoms with Gasteiger partial charge in [-0.1, -0.05) is 12.1 Å². The van der Waals surface area contributed by atoms with Gasteiger partial charge in [0, 0.05) is 12.2 Å². The second-order valence-electron chi connectivity index (χ2n) is 6.12. The summed E-state index contributed by atoms with van der Waals surface area (Å²) in [6.07, 6.45) is 5.19. The van der Waals surface area contributed by atoms with Crippen LogP contribution in [-0.2, 0) is 12.8 Å². The second-order valence-corrected chi connectivity index (χ2v) is 6.12. The summed E-state index contributed by atoms with van der Waals surface area (Å²) in [5, 5.41) is 0. The second kappa shape index (κ2) is 6.82. The summed E-state index contributed by atoms with van der Waals surface area (Å²) in [4.78, 5) is 16.9. The number of fused-ring (bicyclic) bond motifs is 1. The maximum absolute atomic E-state index is 12.4. The van der Waals surface area contributed by atoms with Crippen molar-refractivity contribution < 1.29 is 9.53 Å². The lowest BCUT2D eigenvalue weighted by Gasteiger charge is -2.10. The summed E-state index contributed by atoms with van der Waals surface area (Å²) in [6, 6.07) is 11.8. The molecule has 4 heteroatoms. The SMILES string of the molecule is CC(C)N=c1ccccn1C(=O)COc1ccc2c(c1)CCC2. The van der Waals surface area contributed by atoms with Gasteiger partial charge in [0.15, 0.2) is 6.61 Å². The minimum atomic E-state index is -0.120. The minimum Gasteiger partial charge on any atom is -0.484 e. The Hall–Kier alpha value is -2.36. The minimum absolute atomic E-state index is 0.00802. The van der Waals surface area contributed by atoms with Gasteiger partial charge in [0.05, 0.1) is 0 Å². The number of nitrogens with zero attached hydrogens (tertiary/aromatic N) is 2. The van der Waals surface area contributed by atoms with E-state index in [1.807, 2.05) is 38.1 Å². The molecule has 1 aliphatic carbocycles. The third kappa shape index (κ3) is 3.70. The molecular formula is C19H22N2O2. The fourth-order valence-electron chi connectivity index (χ4n) is 2.87. The third-order valence-corrected chi connectivity index (χ3v) is 3.93. The van der Waals surface area contributed by atoms with Gasteiger partial charge in [0.2, 0.25) is 0 Å². The van der Waals surface area contributed by atoms with Crippen LogP contribution in [0.5, 0.6) is 5.75 Å². The lowest BCUT2D eigenvalue weighted by atomic mass is 10.1. The highest BCUT2D eigenvalue weighted by Crippen LogP contribution is 2.25. The first kappa shape index (κ1) is 15.5. The zero-order chi connectivity index (χ0) is 16.2. The fourth-order valence-corrected chi connectivity index (χ4v) is 2.87. The molecule has 0 radical (unpaired) electrons. The van der Waals surface area contributed by atoms with Gasteiger partial charge in [-0.05, 0) is 68.5 Å². The number of hydrogen-bond donors (Lipinski definition) is 0. The zero-order valence-electron chi connectivity index (χ0n) is 13.7. The summed E-state index contributed by atoms with van der Waals surface area (Å²) in [5.74, 6) is 0.642. The van der Waals surface area contributed by atoms with E-state index in [-0.39, 0.29) is 18.6 Å². The van der Waals surface area contributed by atoms with Gasteiger partial charge in [0.1, 0.15) is 11.2 Å². The highest BCUT2D eigenvalue weighted by Gasteiger charge is 2.12. The summed E-state index contributed by atoms with van der Waals surface area (Å²) in [6.45, 7) is 3.99. The summed E-state index contributed by atoms with van der Waals surface area (Å²) < 4.78 is 7.24. The number of ether oxygens (including phenoxy) is 1. The van der Waals surface area contributed by atoms with Crippen LogP contribution >= 0.6 is 0 Å². The van der Waals surface area contributed by atoms with Crippen LogP contribution in [-0.4, -0.2) is 23.1 Å². The smallest absolute Gasteiger partial charge is 0.270 e. The van der Waals surface area contributed by atoms with E-state index in [4.69, 9.17) is 4.74 Å². The Labute approximate surface area is 136 Å². The van der Waals surface area contributed by atoms with E-state index in [1.54, 1.807) is 10.8 Å². The van der Waals surface area contributed by atoms with Crippen LogP contribution in [0.25, 0.3) is 0 Å². The standard InChI is InChI=1S/C19H22N2O2/c1-14(2)20-18-8-3-4-11-21(18)19(22)13-23-17-10-9-15-6-5-7-16(15)12-17/h3-4,8-12,14H,5-7,13H2,1-2H3. The van der Waals surface area contributed by atoms with Crippen molar-refractivity contribution in [2.45, 2.75) is 39.2 Å². The molecule has 1 aromatic carbocycles. The van der Waals surface area contributed by atoms with Crippen molar-refractivity contribution in [3.8, 4) is 5.75 Å². The number of carbonyl (C=O) groups is 1. The van der Waals surface area contributed by atoms with Crippen LogP contribution in [0.3, 0.4) is 0 Å². The topological polar surface area (TPSA) is 43.6 Å². The van der Waals surface area contributed by atoms with Crippen LogP contribution in [0.1, 0.15) is 36.2 Å². The van der Waals surface area contributed by atoms with E-state index in [2.05, 4.69) is 17.1 Å². The van der Waals surface area contributed by atoms with Gasteiger partial charge in [-0.2, -0.15) is 0 Å². The molecule has 4 nitrogen and oxygen atoms in total. The Balaban J connectivity index is 1.73. The lowest BCUT2D eigenvalue weighted by molar-refractivity contribution is 0.0831. The third-order valence-electron chi connectivity index (χ3n) is 3.93. The number of pyridine rings is 1. The first-order valence-corrected chi connectivity index (χ1v) is 8.13. The van der Waals surface area contributed by atoms with E-state index in [9.17, 15) is 4.79 Å².